The van der Waals surface area contributed by atoms with E-state index in [1.807, 2.05) is 28.8 Å². The van der Waals surface area contributed by atoms with Gasteiger partial charge in [-0.1, -0.05) is 35.9 Å². The van der Waals surface area contributed by atoms with Gasteiger partial charge in [0.05, 0.1) is 11.8 Å². The highest BCUT2D eigenvalue weighted by Crippen LogP contribution is 2.29. The Hall–Kier alpha value is -2.36. The Kier molecular flexibility index (Phi) is 8.51. The molecule has 3 amide bonds. The number of nitrogens with one attached hydrogen (secondary N) is 2. The molecule has 0 saturated carbocycles. The summed E-state index contributed by atoms with van der Waals surface area (Å²) in [4.78, 5) is 26.2. The fraction of sp³-hybridized carbons (Fsp3) is 0.429. The number of nitrogens with zero attached hydrogens (tertiary/aromatic N) is 4. The van der Waals surface area contributed by atoms with Gasteiger partial charge in [0.2, 0.25) is 5.91 Å². The lowest BCUT2D eigenvalue weighted by molar-refractivity contribution is -0.117. The van der Waals surface area contributed by atoms with Gasteiger partial charge in [0.25, 0.3) is 0 Å². The topological polar surface area (TPSA) is 92.2 Å². The van der Waals surface area contributed by atoms with Crippen molar-refractivity contribution in [3.05, 3.63) is 47.8 Å². The minimum Gasteiger partial charge on any atom is -0.334 e. The molecule has 1 aromatic carbocycles. The molecule has 0 aliphatic carbocycles. The summed E-state index contributed by atoms with van der Waals surface area (Å²) in [5, 5.41) is 14.8. The number of aromatic nitrogens is 3. The number of rotatable bonds is 8. The molecule has 2 N–H and O–H groups in total. The van der Waals surface area contributed by atoms with Gasteiger partial charge in [-0.05, 0) is 57.1 Å². The van der Waals surface area contributed by atoms with E-state index in [4.69, 9.17) is 11.6 Å². The maximum atomic E-state index is 12.2. The quantitative estimate of drug-likeness (QED) is 0.460. The summed E-state index contributed by atoms with van der Waals surface area (Å²) in [6.07, 6.45) is 5.15. The molecule has 1 aromatic heterocycles. The maximum Gasteiger partial charge on any atom is 0.321 e. The zero-order valence-corrected chi connectivity index (χ0v) is 19.1. The first-order valence-electron chi connectivity index (χ1n) is 10.3. The highest BCUT2D eigenvalue weighted by Gasteiger charge is 2.26. The Morgan fingerprint density at radius 3 is 2.61 bits per heavy atom. The van der Waals surface area contributed by atoms with E-state index in [0.29, 0.717) is 10.2 Å². The molecule has 166 valence electrons. The van der Waals surface area contributed by atoms with E-state index in [1.54, 1.807) is 6.08 Å². The highest BCUT2D eigenvalue weighted by molar-refractivity contribution is 7.99. The number of hydrogen-bond donors (Lipinski definition) is 2. The van der Waals surface area contributed by atoms with E-state index in [2.05, 4.69) is 39.2 Å². The molecule has 2 aromatic rings. The van der Waals surface area contributed by atoms with E-state index in [9.17, 15) is 9.59 Å². The van der Waals surface area contributed by atoms with Crippen molar-refractivity contribution in [2.75, 3.05) is 25.4 Å². The number of hydrogen-bond acceptors (Lipinski definition) is 6. The first kappa shape index (κ1) is 23.3. The lowest BCUT2D eigenvalue weighted by Gasteiger charge is -2.31. The molecule has 1 aliphatic heterocycles. The fourth-order valence-corrected chi connectivity index (χ4v) is 4.33. The van der Waals surface area contributed by atoms with E-state index >= 15 is 0 Å². The Morgan fingerprint density at radius 1 is 1.23 bits per heavy atom. The van der Waals surface area contributed by atoms with Crippen LogP contribution in [0.3, 0.4) is 0 Å². The third kappa shape index (κ3) is 6.32. The summed E-state index contributed by atoms with van der Waals surface area (Å²) >= 11 is 7.30. The van der Waals surface area contributed by atoms with Crippen LogP contribution in [0.4, 0.5) is 4.79 Å². The number of halogens is 1. The van der Waals surface area contributed by atoms with Crippen molar-refractivity contribution in [3.63, 3.8) is 0 Å². The van der Waals surface area contributed by atoms with Gasteiger partial charge in [-0.3, -0.25) is 19.6 Å². The van der Waals surface area contributed by atoms with Gasteiger partial charge in [-0.25, -0.2) is 4.79 Å². The average Bonchev–Trinajstić information content (AvgIpc) is 3.20. The lowest BCUT2D eigenvalue weighted by atomic mass is 10.1. The van der Waals surface area contributed by atoms with Crippen molar-refractivity contribution in [1.82, 2.24) is 30.3 Å². The Morgan fingerprint density at radius 2 is 1.94 bits per heavy atom. The number of carbonyl (C=O) groups excluding carboxylic acids is 2. The standard InChI is InChI=1S/C21H27ClN6O2S/c1-3-11-23-20(30)24-18(29)14-31-21-26-25-19(15(2)27-12-5-4-6-13-27)28(21)17-9-7-16(22)8-10-17/h3,7-10,15H,1,4-6,11-14H2,2H3,(H2,23,24,29,30)/t15-/m0/s1. The lowest BCUT2D eigenvalue weighted by Crippen LogP contribution is -2.40. The SMILES string of the molecule is C=CCNC(=O)NC(=O)CSc1nnc([C@H](C)N2CCCCC2)n1-c1ccc(Cl)cc1. The summed E-state index contributed by atoms with van der Waals surface area (Å²) in [6, 6.07) is 6.98. The van der Waals surface area contributed by atoms with Gasteiger partial charge in [0.1, 0.15) is 0 Å². The number of amides is 3. The van der Waals surface area contributed by atoms with Crippen molar-refractivity contribution in [2.24, 2.45) is 0 Å². The number of thioether (sulfide) groups is 1. The van der Waals surface area contributed by atoms with Crippen LogP contribution in [-0.2, 0) is 4.79 Å². The second-order valence-corrected chi connectivity index (χ2v) is 8.64. The van der Waals surface area contributed by atoms with Crippen molar-refractivity contribution >= 4 is 35.3 Å². The number of piperidine rings is 1. The van der Waals surface area contributed by atoms with Crippen LogP contribution in [0.25, 0.3) is 5.69 Å². The number of imide groups is 1. The normalized spacial score (nSPS) is 15.3. The Bertz CT molecular complexity index is 911. The summed E-state index contributed by atoms with van der Waals surface area (Å²) in [5.74, 6) is 0.435. The predicted octanol–water partition coefficient (Wildman–Crippen LogP) is 3.57. The van der Waals surface area contributed by atoms with E-state index in [0.717, 1.165) is 24.6 Å². The molecule has 0 unspecified atom stereocenters. The second kappa shape index (κ2) is 11.3. The molecule has 1 atom stereocenters. The minimum absolute atomic E-state index is 0.0331. The van der Waals surface area contributed by atoms with E-state index in [-0.39, 0.29) is 18.3 Å². The molecule has 0 radical (unpaired) electrons. The predicted molar refractivity (Wildman–Crippen MR) is 123 cm³/mol. The zero-order chi connectivity index (χ0) is 22.2. The molecule has 8 nitrogen and oxygen atoms in total. The second-order valence-electron chi connectivity index (χ2n) is 7.26. The monoisotopic (exact) mass is 462 g/mol. The molecule has 0 spiro atoms. The molecule has 10 heteroatoms. The largest absolute Gasteiger partial charge is 0.334 e. The van der Waals surface area contributed by atoms with Gasteiger partial charge >= 0.3 is 6.03 Å². The third-order valence-electron chi connectivity index (χ3n) is 5.05. The molecule has 1 saturated heterocycles. The molecule has 1 aliphatic rings. The fourth-order valence-electron chi connectivity index (χ4n) is 3.45. The number of carbonyl (C=O) groups is 2. The molecule has 31 heavy (non-hydrogen) atoms. The van der Waals surface area contributed by atoms with Gasteiger partial charge in [0.15, 0.2) is 11.0 Å². The number of benzene rings is 1. The van der Waals surface area contributed by atoms with Gasteiger partial charge in [-0.15, -0.1) is 16.8 Å². The Labute approximate surface area is 191 Å². The molecule has 0 bridgehead atoms. The van der Waals surface area contributed by atoms with Crippen molar-refractivity contribution in [1.29, 1.82) is 0 Å². The molecule has 1 fully saturated rings. The van der Waals surface area contributed by atoms with Crippen LogP contribution >= 0.6 is 23.4 Å². The van der Waals surface area contributed by atoms with Crippen LogP contribution in [0.2, 0.25) is 5.02 Å². The number of urea groups is 1. The van der Waals surface area contributed by atoms with E-state index in [1.165, 1.54) is 31.0 Å². The minimum atomic E-state index is -0.552. The summed E-state index contributed by atoms with van der Waals surface area (Å²) < 4.78 is 1.96. The maximum absolute atomic E-state index is 12.2. The smallest absolute Gasteiger partial charge is 0.321 e. The summed E-state index contributed by atoms with van der Waals surface area (Å²) in [5.41, 5.74) is 0.875. The third-order valence-corrected chi connectivity index (χ3v) is 6.23. The summed E-state index contributed by atoms with van der Waals surface area (Å²) in [6.45, 7) is 7.99. The molecular formula is C21H27ClN6O2S. The van der Waals surface area contributed by atoms with Crippen molar-refractivity contribution in [2.45, 2.75) is 37.4 Å². The van der Waals surface area contributed by atoms with Crippen molar-refractivity contribution in [3.8, 4) is 5.69 Å². The number of likely N-dealkylation sites (tertiary alicyclic amines) is 1. The highest BCUT2D eigenvalue weighted by atomic mass is 35.5. The molecule has 3 rings (SSSR count). The van der Waals surface area contributed by atoms with E-state index < -0.39 is 11.9 Å². The van der Waals surface area contributed by atoms with Gasteiger partial charge in [-0.2, -0.15) is 0 Å². The first-order chi connectivity index (χ1) is 15.0. The van der Waals surface area contributed by atoms with Crippen LogP contribution < -0.4 is 10.6 Å². The van der Waals surface area contributed by atoms with Crippen molar-refractivity contribution < 1.29 is 9.59 Å². The molecular weight excluding hydrogens is 436 g/mol. The van der Waals surface area contributed by atoms with Crippen LogP contribution in [0, 0.1) is 0 Å². The van der Waals surface area contributed by atoms with Crippen LogP contribution in [-0.4, -0.2) is 57.0 Å². The first-order valence-corrected chi connectivity index (χ1v) is 11.6. The van der Waals surface area contributed by atoms with Crippen LogP contribution in [0.15, 0.2) is 42.1 Å². The zero-order valence-electron chi connectivity index (χ0n) is 17.5. The molecule has 2 heterocycles. The van der Waals surface area contributed by atoms with Gasteiger partial charge < -0.3 is 5.32 Å². The van der Waals surface area contributed by atoms with Crippen LogP contribution in [0.1, 0.15) is 38.1 Å². The van der Waals surface area contributed by atoms with Gasteiger partial charge in [0, 0.05) is 17.3 Å². The average molecular weight is 463 g/mol. The Balaban J connectivity index is 1.78. The van der Waals surface area contributed by atoms with Crippen LogP contribution in [0.5, 0.6) is 0 Å². The summed E-state index contributed by atoms with van der Waals surface area (Å²) in [7, 11) is 0.